The van der Waals surface area contributed by atoms with Crippen molar-refractivity contribution in [1.82, 2.24) is 15.1 Å². The number of hydrogen-bond acceptors (Lipinski definition) is 5. The molecule has 1 fully saturated rings. The first-order valence-electron chi connectivity index (χ1n) is 6.25. The van der Waals surface area contributed by atoms with Crippen LogP contribution < -0.4 is 5.73 Å². The largest absolute Gasteiger partial charge is 0.374 e. The van der Waals surface area contributed by atoms with E-state index in [1.165, 1.54) is 37.3 Å². The molecule has 2 heterocycles. The van der Waals surface area contributed by atoms with E-state index in [0.717, 1.165) is 17.5 Å². The summed E-state index contributed by atoms with van der Waals surface area (Å²) >= 11 is 1.50. The molecule has 0 atom stereocenters. The van der Waals surface area contributed by atoms with E-state index in [0.29, 0.717) is 10.5 Å². The summed E-state index contributed by atoms with van der Waals surface area (Å²) in [5.41, 5.74) is 6.03. The molecule has 96 valence electrons. The van der Waals surface area contributed by atoms with Crippen molar-refractivity contribution < 1.29 is 0 Å². The van der Waals surface area contributed by atoms with E-state index in [2.05, 4.69) is 35.9 Å². The molecule has 1 aliphatic rings. The molecule has 2 rings (SSSR count). The lowest BCUT2D eigenvalue weighted by atomic mass is 9.75. The summed E-state index contributed by atoms with van der Waals surface area (Å²) in [6, 6.07) is 0. The second kappa shape index (κ2) is 4.90. The summed E-state index contributed by atoms with van der Waals surface area (Å²) in [4.78, 5) is 2.46. The minimum Gasteiger partial charge on any atom is -0.374 e. The van der Waals surface area contributed by atoms with Crippen LogP contribution in [-0.2, 0) is 6.54 Å². The van der Waals surface area contributed by atoms with Crippen LogP contribution in [0.5, 0.6) is 0 Å². The number of hydrogen-bond donors (Lipinski definition) is 1. The molecular formula is C12H22N4S. The van der Waals surface area contributed by atoms with Gasteiger partial charge >= 0.3 is 0 Å². The molecule has 0 amide bonds. The van der Waals surface area contributed by atoms with Crippen molar-refractivity contribution in [2.24, 2.45) is 11.3 Å². The second-order valence-corrected chi connectivity index (χ2v) is 7.04. The Kier molecular flexibility index (Phi) is 3.68. The van der Waals surface area contributed by atoms with Gasteiger partial charge in [-0.15, -0.1) is 10.2 Å². The molecule has 0 bridgehead atoms. The topological polar surface area (TPSA) is 55.0 Å². The Morgan fingerprint density at radius 2 is 1.94 bits per heavy atom. The maximum absolute atomic E-state index is 5.59. The molecule has 1 aromatic heterocycles. The maximum atomic E-state index is 5.59. The van der Waals surface area contributed by atoms with Gasteiger partial charge in [-0.25, -0.2) is 0 Å². The van der Waals surface area contributed by atoms with Gasteiger partial charge in [0.05, 0.1) is 6.54 Å². The van der Waals surface area contributed by atoms with Crippen molar-refractivity contribution in [3.05, 3.63) is 5.01 Å². The third kappa shape index (κ3) is 3.39. The number of rotatable bonds is 2. The van der Waals surface area contributed by atoms with E-state index < -0.39 is 0 Å². The van der Waals surface area contributed by atoms with Gasteiger partial charge in [0.15, 0.2) is 0 Å². The number of likely N-dealkylation sites (tertiary alicyclic amines) is 1. The molecule has 1 saturated heterocycles. The van der Waals surface area contributed by atoms with Gasteiger partial charge < -0.3 is 5.73 Å². The van der Waals surface area contributed by atoms with Gasteiger partial charge in [-0.2, -0.15) is 0 Å². The fourth-order valence-corrected chi connectivity index (χ4v) is 3.13. The monoisotopic (exact) mass is 254 g/mol. The molecule has 1 aliphatic heterocycles. The lowest BCUT2D eigenvalue weighted by molar-refractivity contribution is 0.108. The quantitative estimate of drug-likeness (QED) is 0.880. The smallest absolute Gasteiger partial charge is 0.203 e. The minimum absolute atomic E-state index is 0.444. The molecule has 1 aromatic rings. The Morgan fingerprint density at radius 3 is 2.41 bits per heavy atom. The van der Waals surface area contributed by atoms with Crippen LogP contribution in [0.2, 0.25) is 0 Å². The predicted octanol–water partition coefficient (Wildman–Crippen LogP) is 2.38. The average Bonchev–Trinajstić information content (AvgIpc) is 2.63. The van der Waals surface area contributed by atoms with E-state index in [9.17, 15) is 0 Å². The van der Waals surface area contributed by atoms with Gasteiger partial charge in [0.1, 0.15) is 5.01 Å². The Hall–Kier alpha value is -0.680. The van der Waals surface area contributed by atoms with Gasteiger partial charge in [-0.1, -0.05) is 32.1 Å². The van der Waals surface area contributed by atoms with Crippen molar-refractivity contribution in [2.75, 3.05) is 18.8 Å². The highest BCUT2D eigenvalue weighted by Crippen LogP contribution is 2.34. The van der Waals surface area contributed by atoms with Crippen LogP contribution in [0.15, 0.2) is 0 Å². The average molecular weight is 254 g/mol. The van der Waals surface area contributed by atoms with Crippen LogP contribution in [0, 0.1) is 11.3 Å². The van der Waals surface area contributed by atoms with Gasteiger partial charge in [0.25, 0.3) is 0 Å². The second-order valence-electron chi connectivity index (χ2n) is 5.95. The number of aromatic nitrogens is 2. The first-order chi connectivity index (χ1) is 7.95. The van der Waals surface area contributed by atoms with Gasteiger partial charge in [-0.3, -0.25) is 4.90 Å². The molecular weight excluding hydrogens is 232 g/mol. The van der Waals surface area contributed by atoms with Crippen LogP contribution >= 0.6 is 11.3 Å². The van der Waals surface area contributed by atoms with Crippen molar-refractivity contribution in [1.29, 1.82) is 0 Å². The fraction of sp³-hybridized carbons (Fsp3) is 0.833. The van der Waals surface area contributed by atoms with E-state index in [4.69, 9.17) is 5.73 Å². The Labute approximate surface area is 107 Å². The molecule has 0 aliphatic carbocycles. The van der Waals surface area contributed by atoms with Crippen molar-refractivity contribution in [2.45, 2.75) is 40.2 Å². The summed E-state index contributed by atoms with van der Waals surface area (Å²) in [6.45, 7) is 10.3. The molecule has 4 nitrogen and oxygen atoms in total. The zero-order valence-electron chi connectivity index (χ0n) is 10.9. The zero-order valence-corrected chi connectivity index (χ0v) is 11.8. The third-order valence-electron chi connectivity index (χ3n) is 3.65. The molecule has 0 aromatic carbocycles. The number of piperidine rings is 1. The standard InChI is InChI=1S/C12H22N4S/c1-12(2,3)9-4-6-16(7-5-9)8-10-14-15-11(13)17-10/h9H,4-8H2,1-3H3,(H2,13,15). The van der Waals surface area contributed by atoms with Gasteiger partial charge in [0, 0.05) is 0 Å². The van der Waals surface area contributed by atoms with E-state index in [-0.39, 0.29) is 0 Å². The maximum Gasteiger partial charge on any atom is 0.203 e. The molecule has 17 heavy (non-hydrogen) atoms. The lowest BCUT2D eigenvalue weighted by Gasteiger charge is -2.38. The normalized spacial score (nSPS) is 19.7. The van der Waals surface area contributed by atoms with Crippen molar-refractivity contribution >= 4 is 16.5 Å². The number of anilines is 1. The first kappa shape index (κ1) is 12.8. The third-order valence-corrected chi connectivity index (χ3v) is 4.39. The van der Waals surface area contributed by atoms with E-state index >= 15 is 0 Å². The first-order valence-corrected chi connectivity index (χ1v) is 7.07. The van der Waals surface area contributed by atoms with E-state index in [1.54, 1.807) is 0 Å². The SMILES string of the molecule is CC(C)(C)C1CCN(Cc2nnc(N)s2)CC1. The summed E-state index contributed by atoms with van der Waals surface area (Å²) < 4.78 is 0. The summed E-state index contributed by atoms with van der Waals surface area (Å²) in [5, 5.41) is 9.55. The molecule has 5 heteroatoms. The summed E-state index contributed by atoms with van der Waals surface area (Å²) in [5.74, 6) is 0.846. The highest BCUT2D eigenvalue weighted by atomic mass is 32.1. The van der Waals surface area contributed by atoms with Crippen LogP contribution in [0.4, 0.5) is 5.13 Å². The number of nitrogen functional groups attached to an aromatic ring is 1. The molecule has 0 saturated carbocycles. The lowest BCUT2D eigenvalue weighted by Crippen LogP contribution is -2.37. The molecule has 2 N–H and O–H groups in total. The van der Waals surface area contributed by atoms with Gasteiger partial charge in [0.2, 0.25) is 5.13 Å². The van der Waals surface area contributed by atoms with Gasteiger partial charge in [-0.05, 0) is 37.3 Å². The highest BCUT2D eigenvalue weighted by Gasteiger charge is 2.28. The van der Waals surface area contributed by atoms with Crippen LogP contribution in [0.3, 0.4) is 0 Å². The Morgan fingerprint density at radius 1 is 1.29 bits per heavy atom. The van der Waals surface area contributed by atoms with E-state index in [1.807, 2.05) is 0 Å². The number of nitrogens with zero attached hydrogens (tertiary/aromatic N) is 3. The zero-order chi connectivity index (χ0) is 12.5. The van der Waals surface area contributed by atoms with Crippen LogP contribution in [0.1, 0.15) is 38.6 Å². The number of nitrogens with two attached hydrogens (primary N) is 1. The molecule has 0 radical (unpaired) electrons. The summed E-state index contributed by atoms with van der Waals surface area (Å²) in [6.07, 6.45) is 2.58. The predicted molar refractivity (Wildman–Crippen MR) is 71.8 cm³/mol. The Bertz CT molecular complexity index is 361. The highest BCUT2D eigenvalue weighted by molar-refractivity contribution is 7.15. The minimum atomic E-state index is 0.444. The van der Waals surface area contributed by atoms with Crippen LogP contribution in [-0.4, -0.2) is 28.2 Å². The summed E-state index contributed by atoms with van der Waals surface area (Å²) in [7, 11) is 0. The van der Waals surface area contributed by atoms with Crippen molar-refractivity contribution in [3.8, 4) is 0 Å². The van der Waals surface area contributed by atoms with Crippen molar-refractivity contribution in [3.63, 3.8) is 0 Å². The molecule has 0 unspecified atom stereocenters. The van der Waals surface area contributed by atoms with Crippen LogP contribution in [0.25, 0.3) is 0 Å². The fourth-order valence-electron chi connectivity index (χ4n) is 2.48. The Balaban J connectivity index is 1.83. The molecule has 0 spiro atoms.